The number of hydrogen-bond donors (Lipinski definition) is 1. The van der Waals surface area contributed by atoms with Crippen molar-refractivity contribution in [1.82, 2.24) is 9.55 Å². The molecule has 0 radical (unpaired) electrons. The van der Waals surface area contributed by atoms with Gasteiger partial charge >= 0.3 is 0 Å². The average molecular weight is 250 g/mol. The van der Waals surface area contributed by atoms with E-state index >= 15 is 0 Å². The van der Waals surface area contributed by atoms with Gasteiger partial charge in [0.05, 0.1) is 0 Å². The van der Waals surface area contributed by atoms with Gasteiger partial charge in [-0.3, -0.25) is 4.79 Å². The molecule has 18 heavy (non-hydrogen) atoms. The minimum absolute atomic E-state index is 0.0138. The van der Waals surface area contributed by atoms with Gasteiger partial charge in [-0.1, -0.05) is 6.92 Å². The smallest absolute Gasteiger partial charge is 0.293 e. The van der Waals surface area contributed by atoms with Crippen LogP contribution in [0, 0.1) is 5.92 Å². The summed E-state index contributed by atoms with van der Waals surface area (Å²) < 4.78 is 1.72. The Morgan fingerprint density at radius 1 is 1.56 bits per heavy atom. The van der Waals surface area contributed by atoms with Crippen molar-refractivity contribution in [2.75, 3.05) is 18.0 Å². The molecule has 1 fully saturated rings. The fraction of sp³-hybridized carbons (Fsp3) is 0.692. The lowest BCUT2D eigenvalue weighted by molar-refractivity contribution is 0.513. The maximum Gasteiger partial charge on any atom is 0.293 e. The van der Waals surface area contributed by atoms with Crippen LogP contribution in [0.15, 0.2) is 17.2 Å². The summed E-state index contributed by atoms with van der Waals surface area (Å²) in [6.45, 7) is 7.62. The van der Waals surface area contributed by atoms with Crippen LogP contribution in [0.5, 0.6) is 0 Å². The predicted molar refractivity (Wildman–Crippen MR) is 72.9 cm³/mol. The second kappa shape index (κ2) is 5.10. The van der Waals surface area contributed by atoms with E-state index in [2.05, 4.69) is 16.8 Å². The lowest BCUT2D eigenvalue weighted by Crippen LogP contribution is -2.42. The van der Waals surface area contributed by atoms with Gasteiger partial charge in [-0.15, -0.1) is 0 Å². The fourth-order valence-corrected chi connectivity index (χ4v) is 2.65. The minimum atomic E-state index is -0.0138. The first kappa shape index (κ1) is 13.1. The van der Waals surface area contributed by atoms with Gasteiger partial charge in [-0.05, 0) is 26.2 Å². The Labute approximate surface area is 108 Å². The maximum absolute atomic E-state index is 12.4. The molecule has 2 unspecified atom stereocenters. The molecule has 0 amide bonds. The third-order valence-corrected chi connectivity index (χ3v) is 3.80. The van der Waals surface area contributed by atoms with E-state index in [1.54, 1.807) is 17.0 Å². The Bertz CT molecular complexity index is 468. The largest absolute Gasteiger partial charge is 0.347 e. The number of nitrogens with zero attached hydrogens (tertiary/aromatic N) is 3. The van der Waals surface area contributed by atoms with Crippen molar-refractivity contribution in [2.24, 2.45) is 11.7 Å². The second-order valence-corrected chi connectivity index (χ2v) is 5.32. The molecule has 2 atom stereocenters. The summed E-state index contributed by atoms with van der Waals surface area (Å²) in [4.78, 5) is 18.7. The van der Waals surface area contributed by atoms with Crippen LogP contribution in [-0.2, 0) is 0 Å². The zero-order chi connectivity index (χ0) is 13.3. The topological polar surface area (TPSA) is 64.2 Å². The van der Waals surface area contributed by atoms with Crippen molar-refractivity contribution in [2.45, 2.75) is 39.3 Å². The van der Waals surface area contributed by atoms with Crippen molar-refractivity contribution >= 4 is 5.82 Å². The molecule has 2 rings (SSSR count). The number of anilines is 1. The van der Waals surface area contributed by atoms with Gasteiger partial charge in [0.25, 0.3) is 5.56 Å². The Hall–Kier alpha value is -1.36. The normalized spacial score (nSPS) is 23.9. The third-order valence-electron chi connectivity index (χ3n) is 3.80. The first-order chi connectivity index (χ1) is 8.56. The van der Waals surface area contributed by atoms with E-state index in [4.69, 9.17) is 5.73 Å². The Kier molecular flexibility index (Phi) is 3.71. The van der Waals surface area contributed by atoms with Crippen LogP contribution in [0.1, 0.15) is 33.2 Å². The van der Waals surface area contributed by atoms with Gasteiger partial charge < -0.3 is 15.2 Å². The van der Waals surface area contributed by atoms with Crippen LogP contribution in [0.3, 0.4) is 0 Å². The summed E-state index contributed by atoms with van der Waals surface area (Å²) in [7, 11) is 0. The highest BCUT2D eigenvalue weighted by Gasteiger charge is 2.32. The zero-order valence-electron chi connectivity index (χ0n) is 11.3. The van der Waals surface area contributed by atoms with E-state index in [9.17, 15) is 4.79 Å². The summed E-state index contributed by atoms with van der Waals surface area (Å²) in [5, 5.41) is 0. The lowest BCUT2D eigenvalue weighted by atomic mass is 10.0. The first-order valence-electron chi connectivity index (χ1n) is 6.60. The Morgan fingerprint density at radius 2 is 2.28 bits per heavy atom. The molecule has 0 saturated carbocycles. The summed E-state index contributed by atoms with van der Waals surface area (Å²) in [5.74, 6) is 1.06. The fourth-order valence-electron chi connectivity index (χ4n) is 2.65. The average Bonchev–Trinajstić information content (AvgIpc) is 2.70. The van der Waals surface area contributed by atoms with Gasteiger partial charge in [0.2, 0.25) is 0 Å². The number of aromatic nitrogens is 2. The van der Waals surface area contributed by atoms with Crippen molar-refractivity contribution in [3.8, 4) is 0 Å². The van der Waals surface area contributed by atoms with Gasteiger partial charge in [0.1, 0.15) is 0 Å². The van der Waals surface area contributed by atoms with E-state index in [1.165, 1.54) is 0 Å². The van der Waals surface area contributed by atoms with Gasteiger partial charge in [-0.25, -0.2) is 4.98 Å². The monoisotopic (exact) mass is 250 g/mol. The summed E-state index contributed by atoms with van der Waals surface area (Å²) >= 11 is 0. The minimum Gasteiger partial charge on any atom is -0.347 e. The summed E-state index contributed by atoms with van der Waals surface area (Å²) in [5.41, 5.74) is 5.81. The molecule has 1 aliphatic heterocycles. The SMILES string of the molecule is CC1CCN(c2nccn(C(C)C)c2=O)C1CN. The molecule has 0 spiro atoms. The Balaban J connectivity index is 2.40. The molecule has 1 aliphatic rings. The molecule has 0 aromatic carbocycles. The van der Waals surface area contributed by atoms with Crippen LogP contribution in [0.25, 0.3) is 0 Å². The lowest BCUT2D eigenvalue weighted by Gasteiger charge is -2.26. The number of hydrogen-bond acceptors (Lipinski definition) is 4. The van der Waals surface area contributed by atoms with E-state index in [-0.39, 0.29) is 17.6 Å². The predicted octanol–water partition coefficient (Wildman–Crippen LogP) is 0.998. The molecular formula is C13H22N4O. The van der Waals surface area contributed by atoms with Crippen LogP contribution in [-0.4, -0.2) is 28.7 Å². The highest BCUT2D eigenvalue weighted by atomic mass is 16.1. The molecule has 5 heteroatoms. The molecule has 0 bridgehead atoms. The van der Waals surface area contributed by atoms with E-state index in [0.29, 0.717) is 18.3 Å². The van der Waals surface area contributed by atoms with Crippen LogP contribution < -0.4 is 16.2 Å². The quantitative estimate of drug-likeness (QED) is 0.869. The van der Waals surface area contributed by atoms with Crippen LogP contribution in [0.2, 0.25) is 0 Å². The molecule has 1 aromatic rings. The third kappa shape index (κ3) is 2.14. The van der Waals surface area contributed by atoms with Gasteiger partial charge in [-0.2, -0.15) is 0 Å². The second-order valence-electron chi connectivity index (χ2n) is 5.32. The molecule has 0 aliphatic carbocycles. The zero-order valence-corrected chi connectivity index (χ0v) is 11.3. The Morgan fingerprint density at radius 3 is 2.89 bits per heavy atom. The van der Waals surface area contributed by atoms with E-state index in [1.807, 2.05) is 13.8 Å². The van der Waals surface area contributed by atoms with Crippen molar-refractivity contribution in [3.05, 3.63) is 22.7 Å². The van der Waals surface area contributed by atoms with Gasteiger partial charge in [0, 0.05) is 37.6 Å². The van der Waals surface area contributed by atoms with E-state index < -0.39 is 0 Å². The standard InChI is InChI=1S/C13H22N4O/c1-9(2)16-7-5-15-12(13(16)18)17-6-4-10(3)11(17)8-14/h5,7,9-11H,4,6,8,14H2,1-3H3. The van der Waals surface area contributed by atoms with Crippen LogP contribution in [0.4, 0.5) is 5.82 Å². The molecule has 2 N–H and O–H groups in total. The highest BCUT2D eigenvalue weighted by Crippen LogP contribution is 2.25. The van der Waals surface area contributed by atoms with Crippen molar-refractivity contribution < 1.29 is 0 Å². The molecule has 100 valence electrons. The van der Waals surface area contributed by atoms with E-state index in [0.717, 1.165) is 13.0 Å². The van der Waals surface area contributed by atoms with Gasteiger partial charge in [0.15, 0.2) is 5.82 Å². The number of nitrogens with two attached hydrogens (primary N) is 1. The molecule has 1 aromatic heterocycles. The van der Waals surface area contributed by atoms with Crippen molar-refractivity contribution in [1.29, 1.82) is 0 Å². The molecule has 1 saturated heterocycles. The highest BCUT2D eigenvalue weighted by molar-refractivity contribution is 5.39. The molecule has 5 nitrogen and oxygen atoms in total. The maximum atomic E-state index is 12.4. The van der Waals surface area contributed by atoms with Crippen molar-refractivity contribution in [3.63, 3.8) is 0 Å². The first-order valence-corrected chi connectivity index (χ1v) is 6.60. The summed E-state index contributed by atoms with van der Waals surface area (Å²) in [6, 6.07) is 0.379. The molecular weight excluding hydrogens is 228 g/mol. The number of rotatable bonds is 3. The molecule has 2 heterocycles. The summed E-state index contributed by atoms with van der Waals surface area (Å²) in [6.07, 6.45) is 4.51. The van der Waals surface area contributed by atoms with Crippen LogP contribution >= 0.6 is 0 Å².